The van der Waals surface area contributed by atoms with Crippen LogP contribution in [0.2, 0.25) is 0 Å². The molecule has 1 fully saturated rings. The minimum absolute atomic E-state index is 0.158. The van der Waals surface area contributed by atoms with E-state index in [2.05, 4.69) is 18.0 Å². The first-order valence-corrected chi connectivity index (χ1v) is 9.41. The number of thiophene rings is 1. The van der Waals surface area contributed by atoms with Gasteiger partial charge in [-0.2, -0.15) is 0 Å². The van der Waals surface area contributed by atoms with Crippen molar-refractivity contribution >= 4 is 28.6 Å². The quantitative estimate of drug-likeness (QED) is 0.934. The van der Waals surface area contributed by atoms with Gasteiger partial charge in [0.05, 0.1) is 17.0 Å². The second-order valence-corrected chi connectivity index (χ2v) is 7.71. The predicted octanol–water partition coefficient (Wildman–Crippen LogP) is 3.00. The maximum atomic E-state index is 12.6. The third kappa shape index (κ3) is 3.39. The molecule has 2 atom stereocenters. The summed E-state index contributed by atoms with van der Waals surface area (Å²) in [5.41, 5.74) is 6.72. The first kappa shape index (κ1) is 15.6. The number of carbonyl (C=O) groups excluding carboxylic acids is 1. The lowest BCUT2D eigenvalue weighted by Crippen LogP contribution is -2.49. The van der Waals surface area contributed by atoms with Crippen molar-refractivity contribution in [3.8, 4) is 9.88 Å². The van der Waals surface area contributed by atoms with E-state index >= 15 is 0 Å². The van der Waals surface area contributed by atoms with Gasteiger partial charge in [0, 0.05) is 24.5 Å². The molecule has 2 unspecified atom stereocenters. The topological polar surface area (TPSA) is 59.2 Å². The van der Waals surface area contributed by atoms with Gasteiger partial charge in [-0.3, -0.25) is 4.79 Å². The van der Waals surface area contributed by atoms with E-state index in [0.717, 1.165) is 35.0 Å². The summed E-state index contributed by atoms with van der Waals surface area (Å²) in [5, 5.41) is 5.04. The lowest BCUT2D eigenvalue weighted by Gasteiger charge is -2.38. The fraction of sp³-hybridized carbons (Fsp3) is 0.500. The molecule has 0 saturated carbocycles. The fourth-order valence-corrected chi connectivity index (χ4v) is 4.60. The first-order chi connectivity index (χ1) is 10.7. The standard InChI is InChI=1S/C16H21N3OS2/c1-11-4-5-19(13(7-11)9-17)15(20)8-12-10-22-16(18-12)14-3-2-6-21-14/h2-3,6,10-11,13H,4-5,7-9,17H2,1H3. The molecule has 4 nitrogen and oxygen atoms in total. The zero-order valence-corrected chi connectivity index (χ0v) is 14.3. The third-order valence-corrected chi connectivity index (χ3v) is 6.12. The average molecular weight is 335 g/mol. The van der Waals surface area contributed by atoms with E-state index < -0.39 is 0 Å². The molecule has 1 aliphatic rings. The van der Waals surface area contributed by atoms with Gasteiger partial charge in [0.1, 0.15) is 5.01 Å². The first-order valence-electron chi connectivity index (χ1n) is 7.65. The van der Waals surface area contributed by atoms with Gasteiger partial charge in [-0.05, 0) is 30.2 Å². The molecule has 0 radical (unpaired) electrons. The van der Waals surface area contributed by atoms with Crippen LogP contribution in [-0.2, 0) is 11.2 Å². The number of hydrogen-bond donors (Lipinski definition) is 1. The SMILES string of the molecule is CC1CCN(C(=O)Cc2csc(-c3cccs3)n2)C(CN)C1. The molecule has 1 amide bonds. The van der Waals surface area contributed by atoms with Crippen molar-refractivity contribution in [1.82, 2.24) is 9.88 Å². The predicted molar refractivity (Wildman–Crippen MR) is 92.1 cm³/mol. The van der Waals surface area contributed by atoms with E-state index in [4.69, 9.17) is 5.73 Å². The normalized spacial score (nSPS) is 22.0. The summed E-state index contributed by atoms with van der Waals surface area (Å²) in [4.78, 5) is 20.3. The number of likely N-dealkylation sites (tertiary alicyclic amines) is 1. The monoisotopic (exact) mass is 335 g/mol. The Kier molecular flexibility index (Phi) is 4.90. The average Bonchev–Trinajstić information content (AvgIpc) is 3.17. The molecule has 0 bridgehead atoms. The number of nitrogens with two attached hydrogens (primary N) is 1. The Balaban J connectivity index is 1.66. The van der Waals surface area contributed by atoms with Gasteiger partial charge < -0.3 is 10.6 Å². The van der Waals surface area contributed by atoms with Crippen LogP contribution in [0.15, 0.2) is 22.9 Å². The summed E-state index contributed by atoms with van der Waals surface area (Å²) in [6, 6.07) is 4.27. The van der Waals surface area contributed by atoms with Gasteiger partial charge in [-0.1, -0.05) is 13.0 Å². The maximum absolute atomic E-state index is 12.6. The molecule has 0 aromatic carbocycles. The smallest absolute Gasteiger partial charge is 0.228 e. The highest BCUT2D eigenvalue weighted by atomic mass is 32.1. The summed E-state index contributed by atoms with van der Waals surface area (Å²) < 4.78 is 0. The van der Waals surface area contributed by atoms with Gasteiger partial charge in [0.25, 0.3) is 0 Å². The van der Waals surface area contributed by atoms with Crippen molar-refractivity contribution in [3.63, 3.8) is 0 Å². The molecule has 6 heteroatoms. The van der Waals surface area contributed by atoms with Crippen molar-refractivity contribution in [1.29, 1.82) is 0 Å². The zero-order valence-electron chi connectivity index (χ0n) is 12.7. The highest BCUT2D eigenvalue weighted by Gasteiger charge is 2.29. The second kappa shape index (κ2) is 6.89. The summed E-state index contributed by atoms with van der Waals surface area (Å²) >= 11 is 3.28. The summed E-state index contributed by atoms with van der Waals surface area (Å²) in [5.74, 6) is 0.813. The molecule has 22 heavy (non-hydrogen) atoms. The zero-order chi connectivity index (χ0) is 15.5. The van der Waals surface area contributed by atoms with Crippen LogP contribution in [0.5, 0.6) is 0 Å². The molecule has 1 saturated heterocycles. The van der Waals surface area contributed by atoms with Gasteiger partial charge >= 0.3 is 0 Å². The Labute approximate surface area is 139 Å². The van der Waals surface area contributed by atoms with E-state index in [1.165, 1.54) is 0 Å². The Morgan fingerprint density at radius 1 is 1.50 bits per heavy atom. The van der Waals surface area contributed by atoms with Crippen LogP contribution in [0.1, 0.15) is 25.5 Å². The summed E-state index contributed by atoms with van der Waals surface area (Å²) in [6.45, 7) is 3.61. The minimum Gasteiger partial charge on any atom is -0.338 e. The van der Waals surface area contributed by atoms with Crippen LogP contribution < -0.4 is 5.73 Å². The van der Waals surface area contributed by atoms with E-state index in [0.29, 0.717) is 18.9 Å². The number of thiazole rings is 1. The van der Waals surface area contributed by atoms with Crippen molar-refractivity contribution in [2.75, 3.05) is 13.1 Å². The number of aromatic nitrogens is 1. The Hall–Kier alpha value is -1.24. The van der Waals surface area contributed by atoms with Crippen LogP contribution in [0, 0.1) is 5.92 Å². The Morgan fingerprint density at radius 2 is 2.36 bits per heavy atom. The summed E-state index contributed by atoms with van der Waals surface area (Å²) in [7, 11) is 0. The van der Waals surface area contributed by atoms with Crippen molar-refractivity contribution in [2.45, 2.75) is 32.2 Å². The van der Waals surface area contributed by atoms with E-state index in [9.17, 15) is 4.79 Å². The second-order valence-electron chi connectivity index (χ2n) is 5.90. The van der Waals surface area contributed by atoms with Crippen molar-refractivity contribution in [2.24, 2.45) is 11.7 Å². The highest BCUT2D eigenvalue weighted by Crippen LogP contribution is 2.28. The Bertz CT molecular complexity index is 623. The number of hydrogen-bond acceptors (Lipinski definition) is 5. The largest absolute Gasteiger partial charge is 0.338 e. The molecule has 1 aliphatic heterocycles. The lowest BCUT2D eigenvalue weighted by molar-refractivity contribution is -0.134. The van der Waals surface area contributed by atoms with Gasteiger partial charge in [0.2, 0.25) is 5.91 Å². The number of amides is 1. The molecule has 0 spiro atoms. The molecular formula is C16H21N3OS2. The minimum atomic E-state index is 0.158. The molecule has 2 N–H and O–H groups in total. The van der Waals surface area contributed by atoms with Crippen LogP contribution in [0.4, 0.5) is 0 Å². The van der Waals surface area contributed by atoms with Gasteiger partial charge in [-0.15, -0.1) is 22.7 Å². The van der Waals surface area contributed by atoms with E-state index in [1.807, 2.05) is 21.7 Å². The van der Waals surface area contributed by atoms with Gasteiger partial charge in [-0.25, -0.2) is 4.98 Å². The fourth-order valence-electron chi connectivity index (χ4n) is 2.96. The molecule has 2 aromatic rings. The maximum Gasteiger partial charge on any atom is 0.228 e. The molecule has 3 rings (SSSR count). The third-order valence-electron chi connectivity index (χ3n) is 4.19. The van der Waals surface area contributed by atoms with Crippen LogP contribution >= 0.6 is 22.7 Å². The number of carbonyl (C=O) groups is 1. The highest BCUT2D eigenvalue weighted by molar-refractivity contribution is 7.20. The summed E-state index contributed by atoms with van der Waals surface area (Å²) in [6.07, 6.45) is 2.46. The van der Waals surface area contributed by atoms with Crippen LogP contribution in [0.25, 0.3) is 9.88 Å². The van der Waals surface area contributed by atoms with E-state index in [1.54, 1.807) is 22.7 Å². The van der Waals surface area contributed by atoms with Crippen LogP contribution in [-0.4, -0.2) is 34.9 Å². The molecule has 118 valence electrons. The number of nitrogens with zero attached hydrogens (tertiary/aromatic N) is 2. The van der Waals surface area contributed by atoms with Crippen molar-refractivity contribution < 1.29 is 4.79 Å². The molecule has 3 heterocycles. The number of rotatable bonds is 4. The lowest BCUT2D eigenvalue weighted by atomic mass is 9.92. The number of piperidine rings is 1. The Morgan fingerprint density at radius 3 is 3.09 bits per heavy atom. The van der Waals surface area contributed by atoms with Gasteiger partial charge in [0.15, 0.2) is 0 Å². The molecule has 2 aromatic heterocycles. The molecular weight excluding hydrogens is 314 g/mol. The van der Waals surface area contributed by atoms with Crippen molar-refractivity contribution in [3.05, 3.63) is 28.6 Å². The van der Waals surface area contributed by atoms with Crippen LogP contribution in [0.3, 0.4) is 0 Å². The molecule has 0 aliphatic carbocycles. The van der Waals surface area contributed by atoms with E-state index in [-0.39, 0.29) is 11.9 Å².